The molecular weight excluding hydrogens is 404 g/mol. The minimum atomic E-state index is -3.35. The molecule has 7 nitrogen and oxygen atoms in total. The van der Waals surface area contributed by atoms with Crippen LogP contribution in [-0.4, -0.2) is 38.5 Å². The first-order chi connectivity index (χ1) is 14.5. The van der Waals surface area contributed by atoms with Crippen molar-refractivity contribution in [3.05, 3.63) is 59.7 Å². The molecule has 2 aliphatic rings. The highest BCUT2D eigenvalue weighted by molar-refractivity contribution is 7.88. The number of carbonyl (C=O) groups excluding carboxylic acids is 1. The van der Waals surface area contributed by atoms with Crippen LogP contribution < -0.4 is 14.8 Å². The first-order valence-corrected chi connectivity index (χ1v) is 11.6. The lowest BCUT2D eigenvalue weighted by Gasteiger charge is -2.25. The van der Waals surface area contributed by atoms with Crippen molar-refractivity contribution in [2.45, 2.75) is 25.0 Å². The van der Waals surface area contributed by atoms with Crippen molar-refractivity contribution in [1.29, 1.82) is 0 Å². The molecule has 0 unspecified atom stereocenters. The Bertz CT molecular complexity index is 1060. The number of ether oxygens (including phenoxy) is 2. The molecule has 8 heteroatoms. The lowest BCUT2D eigenvalue weighted by molar-refractivity contribution is -0.111. The predicted octanol–water partition coefficient (Wildman–Crippen LogP) is 3.38. The molecule has 2 aliphatic heterocycles. The Morgan fingerprint density at radius 3 is 2.67 bits per heavy atom. The third-order valence-electron chi connectivity index (χ3n) is 5.08. The molecular formula is C22H24N2O5S. The summed E-state index contributed by atoms with van der Waals surface area (Å²) >= 11 is 0. The van der Waals surface area contributed by atoms with Gasteiger partial charge in [0.1, 0.15) is 0 Å². The average molecular weight is 429 g/mol. The van der Waals surface area contributed by atoms with E-state index in [2.05, 4.69) is 5.32 Å². The molecule has 0 bridgehead atoms. The van der Waals surface area contributed by atoms with Gasteiger partial charge < -0.3 is 14.8 Å². The summed E-state index contributed by atoms with van der Waals surface area (Å²) in [7, 11) is -3.35. The number of nitrogens with zero attached hydrogens (tertiary/aromatic N) is 1. The Balaban J connectivity index is 1.38. The van der Waals surface area contributed by atoms with E-state index >= 15 is 0 Å². The molecule has 0 radical (unpaired) electrons. The third kappa shape index (κ3) is 5.01. The molecule has 2 aromatic carbocycles. The Morgan fingerprint density at radius 1 is 1.03 bits per heavy atom. The van der Waals surface area contributed by atoms with Crippen molar-refractivity contribution in [2.75, 3.05) is 25.2 Å². The van der Waals surface area contributed by atoms with Crippen LogP contribution in [0.3, 0.4) is 0 Å². The standard InChI is InChI=1S/C22H24N2O5S/c25-22(10-8-17-7-9-20-21(14-17)29-16-28-20)23-19-6-4-5-18(13-19)15-30(26,27)24-11-2-1-3-12-24/h4-10,13-14H,1-3,11-12,15-16H2,(H,23,25)/b10-8+. The van der Waals surface area contributed by atoms with E-state index in [1.807, 2.05) is 6.07 Å². The number of nitrogens with one attached hydrogen (secondary N) is 1. The van der Waals surface area contributed by atoms with E-state index in [9.17, 15) is 13.2 Å². The number of carbonyl (C=O) groups is 1. The van der Waals surface area contributed by atoms with E-state index in [1.54, 1.807) is 46.8 Å². The van der Waals surface area contributed by atoms with Crippen molar-refractivity contribution < 1.29 is 22.7 Å². The third-order valence-corrected chi connectivity index (χ3v) is 6.93. The number of fused-ring (bicyclic) bond motifs is 1. The van der Waals surface area contributed by atoms with Crippen LogP contribution in [0.5, 0.6) is 11.5 Å². The SMILES string of the molecule is O=C(/C=C/c1ccc2c(c1)OCO2)Nc1cccc(CS(=O)(=O)N2CCCCC2)c1. The molecule has 2 aromatic rings. The molecule has 0 atom stereocenters. The highest BCUT2D eigenvalue weighted by Crippen LogP contribution is 2.32. The predicted molar refractivity (Wildman–Crippen MR) is 115 cm³/mol. The summed E-state index contributed by atoms with van der Waals surface area (Å²) in [6, 6.07) is 12.4. The summed E-state index contributed by atoms with van der Waals surface area (Å²) < 4.78 is 37.4. The summed E-state index contributed by atoms with van der Waals surface area (Å²) in [6.45, 7) is 1.37. The molecule has 1 N–H and O–H groups in total. The maximum Gasteiger partial charge on any atom is 0.248 e. The minimum Gasteiger partial charge on any atom is -0.454 e. The summed E-state index contributed by atoms with van der Waals surface area (Å²) in [4.78, 5) is 12.3. The van der Waals surface area contributed by atoms with Crippen LogP contribution in [-0.2, 0) is 20.6 Å². The van der Waals surface area contributed by atoms with Crippen LogP contribution in [0.15, 0.2) is 48.5 Å². The molecule has 1 saturated heterocycles. The Hall–Kier alpha value is -2.84. The summed E-state index contributed by atoms with van der Waals surface area (Å²) in [5, 5.41) is 2.78. The van der Waals surface area contributed by atoms with Gasteiger partial charge in [0.15, 0.2) is 11.5 Å². The second-order valence-corrected chi connectivity index (χ2v) is 9.32. The number of hydrogen-bond donors (Lipinski definition) is 1. The van der Waals surface area contributed by atoms with Gasteiger partial charge in [0, 0.05) is 24.9 Å². The van der Waals surface area contributed by atoms with E-state index < -0.39 is 10.0 Å². The van der Waals surface area contributed by atoms with E-state index in [4.69, 9.17) is 9.47 Å². The molecule has 1 amide bonds. The van der Waals surface area contributed by atoms with Gasteiger partial charge in [0.2, 0.25) is 22.7 Å². The number of rotatable bonds is 6. The molecule has 0 aliphatic carbocycles. The zero-order valence-electron chi connectivity index (χ0n) is 16.5. The molecule has 4 rings (SSSR count). The summed E-state index contributed by atoms with van der Waals surface area (Å²) in [6.07, 6.45) is 6.00. The highest BCUT2D eigenvalue weighted by atomic mass is 32.2. The average Bonchev–Trinajstić information content (AvgIpc) is 3.21. The van der Waals surface area contributed by atoms with E-state index in [0.717, 1.165) is 24.8 Å². The van der Waals surface area contributed by atoms with Crippen molar-refractivity contribution >= 4 is 27.7 Å². The summed E-state index contributed by atoms with van der Waals surface area (Å²) in [5.41, 5.74) is 2.02. The minimum absolute atomic E-state index is 0.0657. The number of anilines is 1. The van der Waals surface area contributed by atoms with Gasteiger partial charge in [-0.2, -0.15) is 0 Å². The van der Waals surface area contributed by atoms with E-state index in [1.165, 1.54) is 6.08 Å². The Labute approximate surface area is 176 Å². The lowest BCUT2D eigenvalue weighted by atomic mass is 10.2. The Kier molecular flexibility index (Phi) is 6.06. The van der Waals surface area contributed by atoms with E-state index in [-0.39, 0.29) is 18.5 Å². The normalized spacial score (nSPS) is 16.7. The van der Waals surface area contributed by atoms with Gasteiger partial charge in [0.05, 0.1) is 5.75 Å². The van der Waals surface area contributed by atoms with Gasteiger partial charge in [0.25, 0.3) is 0 Å². The van der Waals surface area contributed by atoms with Crippen LogP contribution in [0, 0.1) is 0 Å². The monoisotopic (exact) mass is 428 g/mol. The largest absolute Gasteiger partial charge is 0.454 e. The first kappa shape index (κ1) is 20.4. The van der Waals surface area contributed by atoms with Gasteiger partial charge in [-0.3, -0.25) is 4.79 Å². The van der Waals surface area contributed by atoms with Gasteiger partial charge in [-0.25, -0.2) is 12.7 Å². The van der Waals surface area contributed by atoms with Crippen molar-refractivity contribution in [3.8, 4) is 11.5 Å². The van der Waals surface area contributed by atoms with Crippen LogP contribution in [0.2, 0.25) is 0 Å². The molecule has 158 valence electrons. The zero-order valence-corrected chi connectivity index (χ0v) is 17.4. The van der Waals surface area contributed by atoms with Crippen LogP contribution in [0.4, 0.5) is 5.69 Å². The van der Waals surface area contributed by atoms with Crippen LogP contribution >= 0.6 is 0 Å². The van der Waals surface area contributed by atoms with Crippen molar-refractivity contribution in [3.63, 3.8) is 0 Å². The summed E-state index contributed by atoms with van der Waals surface area (Å²) in [5.74, 6) is 0.973. The van der Waals surface area contributed by atoms with Gasteiger partial charge in [-0.15, -0.1) is 0 Å². The molecule has 0 saturated carbocycles. The quantitative estimate of drug-likeness (QED) is 0.713. The highest BCUT2D eigenvalue weighted by Gasteiger charge is 2.24. The van der Waals surface area contributed by atoms with Crippen molar-refractivity contribution in [1.82, 2.24) is 4.31 Å². The lowest BCUT2D eigenvalue weighted by Crippen LogP contribution is -2.36. The number of amides is 1. The maximum absolute atomic E-state index is 12.6. The number of piperidine rings is 1. The topological polar surface area (TPSA) is 84.9 Å². The van der Waals surface area contributed by atoms with Gasteiger partial charge >= 0.3 is 0 Å². The smallest absolute Gasteiger partial charge is 0.248 e. The van der Waals surface area contributed by atoms with Gasteiger partial charge in [-0.05, 0) is 54.3 Å². The number of hydrogen-bond acceptors (Lipinski definition) is 5. The van der Waals surface area contributed by atoms with Gasteiger partial charge in [-0.1, -0.05) is 24.6 Å². The fourth-order valence-electron chi connectivity index (χ4n) is 3.56. The Morgan fingerprint density at radius 2 is 1.83 bits per heavy atom. The number of sulfonamides is 1. The maximum atomic E-state index is 12.6. The second kappa shape index (κ2) is 8.89. The first-order valence-electron chi connectivity index (χ1n) is 9.95. The van der Waals surface area contributed by atoms with E-state index in [0.29, 0.717) is 35.8 Å². The number of benzene rings is 2. The molecule has 0 aromatic heterocycles. The molecule has 30 heavy (non-hydrogen) atoms. The van der Waals surface area contributed by atoms with Crippen LogP contribution in [0.1, 0.15) is 30.4 Å². The molecule has 2 heterocycles. The molecule has 1 fully saturated rings. The zero-order chi connectivity index (χ0) is 21.0. The fourth-order valence-corrected chi connectivity index (χ4v) is 5.15. The van der Waals surface area contributed by atoms with Crippen molar-refractivity contribution in [2.24, 2.45) is 0 Å². The molecule has 0 spiro atoms. The fraction of sp³-hybridized carbons (Fsp3) is 0.318. The second-order valence-electron chi connectivity index (χ2n) is 7.35. The van der Waals surface area contributed by atoms with Crippen LogP contribution in [0.25, 0.3) is 6.08 Å².